The minimum Gasteiger partial charge on any atom is -0.396 e. The number of nitrogens with zero attached hydrogens (tertiary/aromatic N) is 4. The number of fused-ring (bicyclic) bond motifs is 1. The highest BCUT2D eigenvalue weighted by molar-refractivity contribution is 6.30. The Bertz CT molecular complexity index is 1210. The van der Waals surface area contributed by atoms with Gasteiger partial charge in [0.1, 0.15) is 6.10 Å². The maximum absolute atomic E-state index is 13.1. The zero-order valence-corrected chi connectivity index (χ0v) is 16.8. The van der Waals surface area contributed by atoms with Gasteiger partial charge in [-0.2, -0.15) is 0 Å². The molecule has 1 aromatic carbocycles. The standard InChI is InChI=1S/C20H21ClN4O4/c1-13(27)4-9-16-22-18-17(25(16)12-14-5-7-15(21)8-6-14)19(28)24(10-3-11-26)20(29)23(18)2/h5-8,13,26-27H,3,10-12H2,1-2H3. The average Bonchev–Trinajstić information content (AvgIpc) is 3.05. The van der Waals surface area contributed by atoms with Crippen LogP contribution in [0.5, 0.6) is 0 Å². The Kier molecular flexibility index (Phi) is 6.23. The van der Waals surface area contributed by atoms with Crippen LogP contribution >= 0.6 is 11.6 Å². The van der Waals surface area contributed by atoms with Crippen molar-refractivity contribution in [2.75, 3.05) is 6.61 Å². The molecule has 0 spiro atoms. The van der Waals surface area contributed by atoms with Gasteiger partial charge in [-0.05, 0) is 37.0 Å². The van der Waals surface area contributed by atoms with Crippen LogP contribution in [0.1, 0.15) is 24.7 Å². The van der Waals surface area contributed by atoms with E-state index in [1.165, 1.54) is 18.5 Å². The van der Waals surface area contributed by atoms with Crippen LogP contribution in [0.15, 0.2) is 33.9 Å². The van der Waals surface area contributed by atoms with Crippen molar-refractivity contribution < 1.29 is 10.2 Å². The zero-order valence-electron chi connectivity index (χ0n) is 16.1. The average molecular weight is 417 g/mol. The molecule has 9 heteroatoms. The smallest absolute Gasteiger partial charge is 0.332 e. The van der Waals surface area contributed by atoms with E-state index in [9.17, 15) is 14.7 Å². The van der Waals surface area contributed by atoms with Crippen LogP contribution in [-0.4, -0.2) is 41.6 Å². The molecule has 29 heavy (non-hydrogen) atoms. The predicted molar refractivity (Wildman–Crippen MR) is 110 cm³/mol. The van der Waals surface area contributed by atoms with Crippen LogP contribution in [0.4, 0.5) is 0 Å². The second-order valence-corrected chi connectivity index (χ2v) is 7.08. The third-order valence-electron chi connectivity index (χ3n) is 4.42. The highest BCUT2D eigenvalue weighted by Gasteiger charge is 2.19. The lowest BCUT2D eigenvalue weighted by Gasteiger charge is -2.10. The van der Waals surface area contributed by atoms with E-state index >= 15 is 0 Å². The molecule has 0 aliphatic rings. The lowest BCUT2D eigenvalue weighted by atomic mass is 10.2. The first-order chi connectivity index (χ1) is 13.8. The van der Waals surface area contributed by atoms with Gasteiger partial charge in [-0.25, -0.2) is 9.78 Å². The monoisotopic (exact) mass is 416 g/mol. The second kappa shape index (κ2) is 8.66. The van der Waals surface area contributed by atoms with Gasteiger partial charge < -0.3 is 14.8 Å². The van der Waals surface area contributed by atoms with Gasteiger partial charge in [-0.3, -0.25) is 13.9 Å². The summed E-state index contributed by atoms with van der Waals surface area (Å²) in [5.74, 6) is 5.69. The first-order valence-corrected chi connectivity index (χ1v) is 9.46. The topological polar surface area (TPSA) is 102 Å². The van der Waals surface area contributed by atoms with E-state index in [1.54, 1.807) is 16.7 Å². The summed E-state index contributed by atoms with van der Waals surface area (Å²) in [7, 11) is 1.53. The molecule has 0 amide bonds. The molecule has 1 atom stereocenters. The minimum atomic E-state index is -0.871. The summed E-state index contributed by atoms with van der Waals surface area (Å²) in [5.41, 5.74) is 0.299. The third kappa shape index (κ3) is 4.27. The molecule has 0 bridgehead atoms. The van der Waals surface area contributed by atoms with Gasteiger partial charge in [0.2, 0.25) is 0 Å². The molecular formula is C20H21ClN4O4. The van der Waals surface area contributed by atoms with Crippen molar-refractivity contribution in [3.63, 3.8) is 0 Å². The second-order valence-electron chi connectivity index (χ2n) is 6.64. The number of benzene rings is 1. The van der Waals surface area contributed by atoms with E-state index in [4.69, 9.17) is 16.7 Å². The number of rotatable bonds is 5. The molecule has 1 unspecified atom stereocenters. The van der Waals surface area contributed by atoms with Gasteiger partial charge in [-0.1, -0.05) is 29.7 Å². The lowest BCUT2D eigenvalue weighted by molar-refractivity contribution is 0.253. The number of aromatic nitrogens is 4. The number of hydrogen-bond donors (Lipinski definition) is 2. The first-order valence-electron chi connectivity index (χ1n) is 9.08. The molecule has 2 heterocycles. The van der Waals surface area contributed by atoms with Crippen LogP contribution in [0.3, 0.4) is 0 Å². The molecule has 0 fully saturated rings. The van der Waals surface area contributed by atoms with Gasteiger partial charge in [0.05, 0.1) is 6.54 Å². The fourth-order valence-corrected chi connectivity index (χ4v) is 3.11. The predicted octanol–water partition coefficient (Wildman–Crippen LogP) is 0.713. The van der Waals surface area contributed by atoms with Crippen LogP contribution in [-0.2, 0) is 20.1 Å². The largest absolute Gasteiger partial charge is 0.396 e. The zero-order chi connectivity index (χ0) is 21.1. The number of imidazole rings is 1. The summed E-state index contributed by atoms with van der Waals surface area (Å²) in [6, 6.07) is 7.14. The maximum Gasteiger partial charge on any atom is 0.332 e. The summed E-state index contributed by atoms with van der Waals surface area (Å²) in [4.78, 5) is 30.1. The summed E-state index contributed by atoms with van der Waals surface area (Å²) in [6.45, 7) is 1.77. The molecule has 0 saturated carbocycles. The lowest BCUT2D eigenvalue weighted by Crippen LogP contribution is -2.40. The number of halogens is 1. The molecule has 0 aliphatic carbocycles. The van der Waals surface area contributed by atoms with E-state index < -0.39 is 17.4 Å². The van der Waals surface area contributed by atoms with Crippen LogP contribution in [0.2, 0.25) is 5.02 Å². The van der Waals surface area contributed by atoms with Crippen molar-refractivity contribution in [3.05, 3.63) is 61.5 Å². The van der Waals surface area contributed by atoms with Crippen LogP contribution < -0.4 is 11.2 Å². The molecule has 0 radical (unpaired) electrons. The molecule has 152 valence electrons. The Labute approximate surface area is 171 Å². The van der Waals surface area contributed by atoms with Crippen LogP contribution in [0, 0.1) is 11.8 Å². The normalized spacial score (nSPS) is 12.0. The Balaban J connectivity index is 2.29. The van der Waals surface area contributed by atoms with Gasteiger partial charge in [0.25, 0.3) is 5.56 Å². The van der Waals surface area contributed by atoms with Gasteiger partial charge >= 0.3 is 5.69 Å². The van der Waals surface area contributed by atoms with E-state index in [-0.39, 0.29) is 43.1 Å². The Morgan fingerprint density at radius 3 is 2.52 bits per heavy atom. The van der Waals surface area contributed by atoms with Gasteiger partial charge in [-0.15, -0.1) is 0 Å². The molecule has 0 aliphatic heterocycles. The fraction of sp³-hybridized carbons (Fsp3) is 0.350. The van der Waals surface area contributed by atoms with Crippen molar-refractivity contribution in [2.45, 2.75) is 32.5 Å². The van der Waals surface area contributed by atoms with Crippen molar-refractivity contribution in [2.24, 2.45) is 7.05 Å². The van der Waals surface area contributed by atoms with Gasteiger partial charge in [0.15, 0.2) is 17.0 Å². The first kappa shape index (κ1) is 20.9. The summed E-state index contributed by atoms with van der Waals surface area (Å²) in [5, 5.41) is 19.2. The molecule has 8 nitrogen and oxygen atoms in total. The minimum absolute atomic E-state index is 0.0960. The molecule has 2 N–H and O–H groups in total. The quantitative estimate of drug-likeness (QED) is 0.596. The summed E-state index contributed by atoms with van der Waals surface area (Å²) >= 11 is 5.96. The van der Waals surface area contributed by atoms with Crippen LogP contribution in [0.25, 0.3) is 11.2 Å². The highest BCUT2D eigenvalue weighted by Crippen LogP contribution is 2.16. The number of hydrogen-bond acceptors (Lipinski definition) is 5. The Hall–Kier alpha value is -2.86. The summed E-state index contributed by atoms with van der Waals surface area (Å²) in [6.07, 6.45) is -0.593. The van der Waals surface area contributed by atoms with E-state index in [1.807, 2.05) is 12.1 Å². The van der Waals surface area contributed by atoms with E-state index in [0.717, 1.165) is 10.1 Å². The van der Waals surface area contributed by atoms with Crippen molar-refractivity contribution in [1.29, 1.82) is 0 Å². The molecule has 2 aromatic heterocycles. The summed E-state index contributed by atoms with van der Waals surface area (Å²) < 4.78 is 4.01. The van der Waals surface area contributed by atoms with E-state index in [2.05, 4.69) is 16.8 Å². The molecule has 3 rings (SSSR count). The Morgan fingerprint density at radius 2 is 1.90 bits per heavy atom. The third-order valence-corrected chi connectivity index (χ3v) is 4.67. The fourth-order valence-electron chi connectivity index (χ4n) is 2.99. The molecule has 0 saturated heterocycles. The number of aliphatic hydroxyl groups is 2. The van der Waals surface area contributed by atoms with Crippen molar-refractivity contribution in [3.8, 4) is 11.8 Å². The molecule has 3 aromatic rings. The van der Waals surface area contributed by atoms with Crippen molar-refractivity contribution >= 4 is 22.8 Å². The maximum atomic E-state index is 13.1. The van der Waals surface area contributed by atoms with E-state index in [0.29, 0.717) is 5.02 Å². The molecular weight excluding hydrogens is 396 g/mol. The van der Waals surface area contributed by atoms with Crippen molar-refractivity contribution in [1.82, 2.24) is 18.7 Å². The SMILES string of the molecule is CC(O)C#Cc1nc2c(c(=O)n(CCCO)c(=O)n2C)n1Cc1ccc(Cl)cc1. The Morgan fingerprint density at radius 1 is 1.21 bits per heavy atom. The number of aryl methyl sites for hydroxylation is 1. The highest BCUT2D eigenvalue weighted by atomic mass is 35.5. The van der Waals surface area contributed by atoms with Gasteiger partial charge in [0, 0.05) is 25.2 Å². The number of aliphatic hydroxyl groups excluding tert-OH is 2.